The van der Waals surface area contributed by atoms with Gasteiger partial charge in [0.1, 0.15) is 12.4 Å². The van der Waals surface area contributed by atoms with Gasteiger partial charge >= 0.3 is 6.09 Å². The largest absolute Gasteiger partial charge is 0.449 e. The highest BCUT2D eigenvalue weighted by Gasteiger charge is 2.49. The summed E-state index contributed by atoms with van der Waals surface area (Å²) in [6, 6.07) is 0. The molecule has 3 rings (SSSR count). The summed E-state index contributed by atoms with van der Waals surface area (Å²) in [5.41, 5.74) is 0.584. The van der Waals surface area contributed by atoms with E-state index in [-0.39, 0.29) is 13.1 Å². The molecule has 0 spiro atoms. The number of carbonyl (C=O) groups is 1. The molecule has 1 N–H and O–H groups in total. The number of ether oxygens (including phenoxy) is 1. The monoisotopic (exact) mass is 319 g/mol. The molecule has 2 unspecified atom stereocenters. The van der Waals surface area contributed by atoms with E-state index in [2.05, 4.69) is 27.5 Å². The van der Waals surface area contributed by atoms with Gasteiger partial charge in [0.2, 0.25) is 0 Å². The van der Waals surface area contributed by atoms with E-state index in [0.717, 1.165) is 25.7 Å². The van der Waals surface area contributed by atoms with Crippen LogP contribution < -0.4 is 5.32 Å². The summed E-state index contributed by atoms with van der Waals surface area (Å²) in [4.78, 5) is 11.7. The Hall–Kier alpha value is -2.10. The Morgan fingerprint density at radius 2 is 2.13 bits per heavy atom. The highest BCUT2D eigenvalue weighted by atomic mass is 18.2. The lowest BCUT2D eigenvalue weighted by molar-refractivity contribution is 0.137. The number of fused-ring (bicyclic) bond motifs is 1. The van der Waals surface area contributed by atoms with Gasteiger partial charge in [-0.3, -0.25) is 0 Å². The minimum absolute atomic E-state index is 0.172. The number of aryl methyl sites for hydroxylation is 1. The Morgan fingerprint density at radius 3 is 2.83 bits per heavy atom. The lowest BCUT2D eigenvalue weighted by Crippen LogP contribution is -2.25. The van der Waals surface area contributed by atoms with E-state index in [1.807, 2.05) is 0 Å². The molecule has 0 aromatic carbocycles. The molecule has 7 heteroatoms. The summed E-state index contributed by atoms with van der Waals surface area (Å²) >= 11 is 0. The first-order valence-electron chi connectivity index (χ1n) is 8.09. The van der Waals surface area contributed by atoms with Gasteiger partial charge in [-0.2, -0.15) is 0 Å². The minimum Gasteiger partial charge on any atom is -0.449 e. The van der Waals surface area contributed by atoms with Crippen LogP contribution in [0.3, 0.4) is 0 Å². The zero-order valence-corrected chi connectivity index (χ0v) is 13.0. The first kappa shape index (κ1) is 15.8. The first-order chi connectivity index (χ1) is 11.3. The van der Waals surface area contributed by atoms with Crippen LogP contribution in [0.2, 0.25) is 0 Å². The Kier molecular flexibility index (Phi) is 5.11. The van der Waals surface area contributed by atoms with Crippen LogP contribution in [0.15, 0.2) is 6.20 Å². The fourth-order valence-electron chi connectivity index (χ4n) is 3.28. The zero-order valence-electron chi connectivity index (χ0n) is 13.0. The van der Waals surface area contributed by atoms with Gasteiger partial charge in [0.05, 0.1) is 25.9 Å². The lowest BCUT2D eigenvalue weighted by atomic mass is 10.1. The Labute approximate surface area is 134 Å². The van der Waals surface area contributed by atoms with Crippen molar-refractivity contribution in [1.29, 1.82) is 0 Å². The fraction of sp³-hybridized carbons (Fsp3) is 0.688. The summed E-state index contributed by atoms with van der Waals surface area (Å²) in [7, 11) is 0. The van der Waals surface area contributed by atoms with E-state index >= 15 is 0 Å². The van der Waals surface area contributed by atoms with E-state index in [0.29, 0.717) is 30.1 Å². The first-order valence-corrected chi connectivity index (χ1v) is 8.09. The van der Waals surface area contributed by atoms with Crippen molar-refractivity contribution < 1.29 is 13.9 Å². The van der Waals surface area contributed by atoms with Crippen molar-refractivity contribution in [2.45, 2.75) is 38.8 Å². The molecule has 1 amide bonds. The highest BCUT2D eigenvalue weighted by molar-refractivity contribution is 5.67. The molecule has 124 valence electrons. The van der Waals surface area contributed by atoms with Gasteiger partial charge in [-0.1, -0.05) is 5.21 Å². The number of aromatic nitrogens is 3. The van der Waals surface area contributed by atoms with Crippen molar-refractivity contribution in [3.05, 3.63) is 11.9 Å². The molecule has 1 fully saturated rings. The number of nitrogens with one attached hydrogen (secondary N) is 1. The van der Waals surface area contributed by atoms with E-state index in [1.54, 1.807) is 6.20 Å². The van der Waals surface area contributed by atoms with Crippen LogP contribution in [0.25, 0.3) is 0 Å². The molecule has 0 bridgehead atoms. The molecule has 2 atom stereocenters. The molecule has 1 aromatic rings. The summed E-state index contributed by atoms with van der Waals surface area (Å²) in [5, 5.41) is 10.3. The summed E-state index contributed by atoms with van der Waals surface area (Å²) in [6.07, 6.45) is 5.32. The number of hydrogen-bond donors (Lipinski definition) is 1. The van der Waals surface area contributed by atoms with Gasteiger partial charge in [-0.05, 0) is 30.6 Å². The Bertz CT molecular complexity index is 589. The van der Waals surface area contributed by atoms with Crippen molar-refractivity contribution >= 4 is 6.09 Å². The predicted molar refractivity (Wildman–Crippen MR) is 80.9 cm³/mol. The van der Waals surface area contributed by atoms with Crippen molar-refractivity contribution in [2.75, 3.05) is 13.3 Å². The third kappa shape index (κ3) is 4.21. The molecule has 0 aliphatic heterocycles. The molecule has 6 nitrogen and oxygen atoms in total. The van der Waals surface area contributed by atoms with Crippen molar-refractivity contribution in [3.8, 4) is 11.8 Å². The van der Waals surface area contributed by atoms with Gasteiger partial charge < -0.3 is 10.1 Å². The van der Waals surface area contributed by atoms with Crippen molar-refractivity contribution in [2.24, 2.45) is 17.8 Å². The third-order valence-electron chi connectivity index (χ3n) is 4.56. The van der Waals surface area contributed by atoms with E-state index < -0.39 is 12.8 Å². The van der Waals surface area contributed by atoms with E-state index in [1.165, 1.54) is 4.68 Å². The van der Waals surface area contributed by atoms with Gasteiger partial charge in [0.15, 0.2) is 0 Å². The summed E-state index contributed by atoms with van der Waals surface area (Å²) < 4.78 is 18.9. The molecule has 2 aliphatic carbocycles. The van der Waals surface area contributed by atoms with Crippen LogP contribution in [-0.4, -0.2) is 34.4 Å². The molecular formula is C16H21FN4O2. The molecule has 0 radical (unpaired) electrons. The number of amides is 1. The number of alkyl carbamates (subject to hydrolysis) is 1. The van der Waals surface area contributed by atoms with Gasteiger partial charge in [0.25, 0.3) is 0 Å². The average molecular weight is 319 g/mol. The number of carbonyl (C=O) groups excluding carboxylic acids is 1. The van der Waals surface area contributed by atoms with Crippen molar-refractivity contribution in [1.82, 2.24) is 20.3 Å². The molecule has 23 heavy (non-hydrogen) atoms. The van der Waals surface area contributed by atoms with E-state index in [9.17, 15) is 9.18 Å². The van der Waals surface area contributed by atoms with Crippen LogP contribution in [-0.2, 0) is 17.8 Å². The fourth-order valence-corrected chi connectivity index (χ4v) is 3.28. The van der Waals surface area contributed by atoms with Crippen LogP contribution in [0.4, 0.5) is 9.18 Å². The van der Waals surface area contributed by atoms with Gasteiger partial charge in [-0.25, -0.2) is 13.9 Å². The summed E-state index contributed by atoms with van der Waals surface area (Å²) in [6.45, 7) is 0.380. The second-order valence-electron chi connectivity index (χ2n) is 6.04. The quantitative estimate of drug-likeness (QED) is 0.813. The third-order valence-corrected chi connectivity index (χ3v) is 4.56. The van der Waals surface area contributed by atoms with Gasteiger partial charge in [-0.15, -0.1) is 16.9 Å². The maximum atomic E-state index is 12.2. The smallest absolute Gasteiger partial charge is 0.407 e. The number of halogens is 1. The average Bonchev–Trinajstić information content (AvgIpc) is 2.94. The predicted octanol–water partition coefficient (Wildman–Crippen LogP) is 1.91. The van der Waals surface area contributed by atoms with Crippen LogP contribution in [0.5, 0.6) is 0 Å². The van der Waals surface area contributed by atoms with E-state index in [4.69, 9.17) is 4.74 Å². The van der Waals surface area contributed by atoms with Crippen LogP contribution in [0, 0.1) is 29.6 Å². The molecule has 1 heterocycles. The molecule has 0 saturated heterocycles. The molecule has 1 saturated carbocycles. The number of nitrogens with zero attached hydrogens (tertiary/aromatic N) is 3. The topological polar surface area (TPSA) is 69.0 Å². The lowest BCUT2D eigenvalue weighted by Gasteiger charge is -2.05. The second kappa shape index (κ2) is 7.44. The number of hydrogen-bond acceptors (Lipinski definition) is 4. The minimum atomic E-state index is -0.493. The normalized spacial score (nSPS) is 25.3. The highest BCUT2D eigenvalue weighted by Crippen LogP contribution is 2.52. The maximum Gasteiger partial charge on any atom is 0.407 e. The SMILES string of the molecule is O=C(NCc1cn(CC[18F])nn1)OCC1C2CCC#CCCC21. The molecule has 2 aliphatic rings. The van der Waals surface area contributed by atoms with Gasteiger partial charge in [0, 0.05) is 12.8 Å². The summed E-state index contributed by atoms with van der Waals surface area (Å²) in [5.74, 6) is 8.15. The number of alkyl halides is 1. The van der Waals surface area contributed by atoms with Crippen LogP contribution >= 0.6 is 0 Å². The standard InChI is InChI=1S/C16H21FN4O2/c17-7-8-21-10-12(19-20-21)9-18-16(22)23-11-15-13-5-3-1-2-4-6-14(13)15/h10,13-15H,3-9,11H2,(H,18,22)/i17-1. The second-order valence-corrected chi connectivity index (χ2v) is 6.04. The van der Waals surface area contributed by atoms with Crippen LogP contribution in [0.1, 0.15) is 31.4 Å². The molecule has 1 aromatic heterocycles. The maximum absolute atomic E-state index is 12.2. The Morgan fingerprint density at radius 1 is 1.39 bits per heavy atom. The Balaban J connectivity index is 1.35. The zero-order chi connectivity index (χ0) is 16.1. The molecular weight excluding hydrogens is 298 g/mol. The van der Waals surface area contributed by atoms with Crippen molar-refractivity contribution in [3.63, 3.8) is 0 Å². The number of rotatable bonds is 6.